The Morgan fingerprint density at radius 1 is 1.47 bits per heavy atom. The van der Waals surface area contributed by atoms with Crippen molar-refractivity contribution in [3.63, 3.8) is 0 Å². The molecular formula is C10H12ClN5O. The van der Waals surface area contributed by atoms with Crippen molar-refractivity contribution in [1.29, 1.82) is 0 Å². The minimum absolute atomic E-state index is 0.0213. The van der Waals surface area contributed by atoms with Gasteiger partial charge in [-0.05, 0) is 24.4 Å². The predicted molar refractivity (Wildman–Crippen MR) is 63.9 cm³/mol. The summed E-state index contributed by atoms with van der Waals surface area (Å²) in [7, 11) is 0. The highest BCUT2D eigenvalue weighted by Gasteiger charge is 2.41. The monoisotopic (exact) mass is 253 g/mol. The van der Waals surface area contributed by atoms with Gasteiger partial charge in [0.2, 0.25) is 5.28 Å². The zero-order chi connectivity index (χ0) is 11.9. The molecule has 17 heavy (non-hydrogen) atoms. The Kier molecular flexibility index (Phi) is 2.41. The van der Waals surface area contributed by atoms with Crippen molar-refractivity contribution in [3.8, 4) is 0 Å². The molecule has 6 nitrogen and oxygen atoms in total. The fourth-order valence-electron chi connectivity index (χ4n) is 1.78. The van der Waals surface area contributed by atoms with Crippen molar-refractivity contribution in [3.05, 3.63) is 11.5 Å². The van der Waals surface area contributed by atoms with Gasteiger partial charge in [0.1, 0.15) is 5.82 Å². The van der Waals surface area contributed by atoms with Crippen LogP contribution >= 0.6 is 11.6 Å². The van der Waals surface area contributed by atoms with Crippen LogP contribution in [0.3, 0.4) is 0 Å². The van der Waals surface area contributed by atoms with Crippen molar-refractivity contribution in [1.82, 2.24) is 20.2 Å². The van der Waals surface area contributed by atoms with Gasteiger partial charge in [0.25, 0.3) is 0 Å². The summed E-state index contributed by atoms with van der Waals surface area (Å²) < 4.78 is 0. The van der Waals surface area contributed by atoms with Gasteiger partial charge in [0.05, 0.1) is 18.2 Å². The number of aliphatic hydroxyl groups excluding tert-OH is 1. The fourth-order valence-corrected chi connectivity index (χ4v) is 1.95. The van der Waals surface area contributed by atoms with Gasteiger partial charge in [-0.15, -0.1) is 0 Å². The molecule has 0 atom stereocenters. The summed E-state index contributed by atoms with van der Waals surface area (Å²) in [5.41, 5.74) is 0.634. The number of nitrogens with zero attached hydrogens (tertiary/aromatic N) is 3. The van der Waals surface area contributed by atoms with Crippen LogP contribution in [0.2, 0.25) is 5.28 Å². The number of aromatic nitrogens is 4. The summed E-state index contributed by atoms with van der Waals surface area (Å²) in [5.74, 6) is 0.661. The van der Waals surface area contributed by atoms with Crippen molar-refractivity contribution in [2.45, 2.75) is 12.8 Å². The minimum atomic E-state index is 0.0213. The van der Waals surface area contributed by atoms with Crippen LogP contribution in [-0.2, 0) is 0 Å². The van der Waals surface area contributed by atoms with Gasteiger partial charge < -0.3 is 10.4 Å². The highest BCUT2D eigenvalue weighted by atomic mass is 35.5. The lowest BCUT2D eigenvalue weighted by atomic mass is 10.1. The maximum Gasteiger partial charge on any atom is 0.226 e. The summed E-state index contributed by atoms with van der Waals surface area (Å²) >= 11 is 5.82. The maximum absolute atomic E-state index is 9.25. The Morgan fingerprint density at radius 2 is 2.29 bits per heavy atom. The van der Waals surface area contributed by atoms with E-state index < -0.39 is 0 Å². The summed E-state index contributed by atoms with van der Waals surface area (Å²) in [5, 5.41) is 20.1. The smallest absolute Gasteiger partial charge is 0.226 e. The molecule has 1 aliphatic carbocycles. The third kappa shape index (κ3) is 1.94. The molecule has 1 aliphatic rings. The fraction of sp³-hybridized carbons (Fsp3) is 0.500. The predicted octanol–water partition coefficient (Wildman–Crippen LogP) is 1.19. The van der Waals surface area contributed by atoms with E-state index >= 15 is 0 Å². The Bertz CT molecular complexity index is 551. The second kappa shape index (κ2) is 3.82. The molecule has 0 saturated heterocycles. The van der Waals surface area contributed by atoms with Crippen LogP contribution in [0.5, 0.6) is 0 Å². The molecule has 1 saturated carbocycles. The number of halogens is 1. The Labute approximate surface area is 102 Å². The number of aliphatic hydroxyl groups is 1. The number of rotatable bonds is 4. The molecule has 7 heteroatoms. The lowest BCUT2D eigenvalue weighted by Gasteiger charge is -2.13. The normalized spacial score (nSPS) is 17.3. The highest BCUT2D eigenvalue weighted by Crippen LogP contribution is 2.45. The number of nitrogens with one attached hydrogen (secondary N) is 2. The van der Waals surface area contributed by atoms with Gasteiger partial charge in [-0.2, -0.15) is 15.1 Å². The first kappa shape index (κ1) is 10.7. The zero-order valence-electron chi connectivity index (χ0n) is 9.07. The summed E-state index contributed by atoms with van der Waals surface area (Å²) in [4.78, 5) is 8.16. The molecular weight excluding hydrogens is 242 g/mol. The molecule has 0 bridgehead atoms. The van der Waals surface area contributed by atoms with Crippen LogP contribution in [0.4, 0.5) is 5.82 Å². The van der Waals surface area contributed by atoms with Gasteiger partial charge in [0.15, 0.2) is 5.65 Å². The number of hydrogen-bond donors (Lipinski definition) is 3. The molecule has 0 amide bonds. The average Bonchev–Trinajstić information content (AvgIpc) is 2.96. The van der Waals surface area contributed by atoms with E-state index in [4.69, 9.17) is 11.6 Å². The second-order valence-corrected chi connectivity index (χ2v) is 4.82. The number of anilines is 1. The van der Waals surface area contributed by atoms with Gasteiger partial charge in [-0.3, -0.25) is 5.10 Å². The molecule has 1 fully saturated rings. The molecule has 2 aromatic heterocycles. The van der Waals surface area contributed by atoms with E-state index in [1.54, 1.807) is 6.20 Å². The molecule has 0 spiro atoms. The van der Waals surface area contributed by atoms with E-state index in [1.807, 2.05) is 0 Å². The van der Waals surface area contributed by atoms with Gasteiger partial charge in [0, 0.05) is 12.0 Å². The molecule has 0 radical (unpaired) electrons. The second-order valence-electron chi connectivity index (χ2n) is 4.49. The number of H-pyrrole nitrogens is 1. The van der Waals surface area contributed by atoms with Gasteiger partial charge in [-0.1, -0.05) is 0 Å². The number of aromatic amines is 1. The topological polar surface area (TPSA) is 86.7 Å². The van der Waals surface area contributed by atoms with E-state index in [1.165, 1.54) is 0 Å². The third-order valence-corrected chi connectivity index (χ3v) is 3.37. The number of hydrogen-bond acceptors (Lipinski definition) is 5. The van der Waals surface area contributed by atoms with Crippen molar-refractivity contribution in [2.75, 3.05) is 18.5 Å². The molecule has 3 rings (SSSR count). The van der Waals surface area contributed by atoms with Crippen LogP contribution in [0.1, 0.15) is 12.8 Å². The van der Waals surface area contributed by atoms with E-state index in [0.717, 1.165) is 18.2 Å². The van der Waals surface area contributed by atoms with Gasteiger partial charge >= 0.3 is 0 Å². The molecule has 0 unspecified atom stereocenters. The zero-order valence-corrected chi connectivity index (χ0v) is 9.83. The Hall–Kier alpha value is -1.40. The Balaban J connectivity index is 1.86. The molecule has 0 aromatic carbocycles. The summed E-state index contributed by atoms with van der Waals surface area (Å²) in [6.07, 6.45) is 3.75. The number of fused-ring (bicyclic) bond motifs is 1. The van der Waals surface area contributed by atoms with Crippen molar-refractivity contribution in [2.24, 2.45) is 5.41 Å². The van der Waals surface area contributed by atoms with E-state index in [2.05, 4.69) is 25.5 Å². The highest BCUT2D eigenvalue weighted by molar-refractivity contribution is 6.28. The minimum Gasteiger partial charge on any atom is -0.396 e. The van der Waals surface area contributed by atoms with Crippen LogP contribution in [-0.4, -0.2) is 38.4 Å². The summed E-state index contributed by atoms with van der Waals surface area (Å²) in [6, 6.07) is 0. The van der Waals surface area contributed by atoms with E-state index in [0.29, 0.717) is 18.0 Å². The summed E-state index contributed by atoms with van der Waals surface area (Å²) in [6.45, 7) is 0.893. The van der Waals surface area contributed by atoms with Crippen LogP contribution in [0, 0.1) is 5.41 Å². The quantitative estimate of drug-likeness (QED) is 0.713. The molecule has 0 aliphatic heterocycles. The molecule has 90 valence electrons. The molecule has 3 N–H and O–H groups in total. The van der Waals surface area contributed by atoms with Crippen molar-refractivity contribution < 1.29 is 5.11 Å². The SMILES string of the molecule is OCC1(CNc2nc(Cl)nc3[nH]ncc23)CC1. The van der Waals surface area contributed by atoms with Crippen LogP contribution in [0.15, 0.2) is 6.20 Å². The van der Waals surface area contributed by atoms with E-state index in [9.17, 15) is 5.11 Å². The largest absolute Gasteiger partial charge is 0.396 e. The Morgan fingerprint density at radius 3 is 3.00 bits per heavy atom. The maximum atomic E-state index is 9.25. The van der Waals surface area contributed by atoms with Crippen LogP contribution in [0.25, 0.3) is 11.0 Å². The lowest BCUT2D eigenvalue weighted by molar-refractivity contribution is 0.219. The van der Waals surface area contributed by atoms with Gasteiger partial charge in [-0.25, -0.2) is 0 Å². The first-order valence-corrected chi connectivity index (χ1v) is 5.82. The molecule has 2 aromatic rings. The third-order valence-electron chi connectivity index (χ3n) is 3.21. The van der Waals surface area contributed by atoms with Crippen molar-refractivity contribution >= 4 is 28.5 Å². The first-order valence-electron chi connectivity index (χ1n) is 5.44. The molecule has 2 heterocycles. The average molecular weight is 254 g/mol. The van der Waals surface area contributed by atoms with Crippen LogP contribution < -0.4 is 5.32 Å². The first-order chi connectivity index (χ1) is 8.22. The standard InChI is InChI=1S/C10H12ClN5O/c11-9-14-7(6-3-13-16-8(6)15-9)12-4-10(5-17)1-2-10/h3,17H,1-2,4-5H2,(H2,12,13,14,15,16). The van der Waals surface area contributed by atoms with E-state index in [-0.39, 0.29) is 17.3 Å². The lowest BCUT2D eigenvalue weighted by Crippen LogP contribution is -2.19.